The fourth-order valence-corrected chi connectivity index (χ4v) is 13.8. The highest BCUT2D eigenvalue weighted by atomic mass is 32.2. The Morgan fingerprint density at radius 2 is 1.77 bits per heavy atom. The van der Waals surface area contributed by atoms with E-state index < -0.39 is 37.0 Å². The maximum Gasteiger partial charge on any atom is 0.297 e. The molecule has 3 aromatic carbocycles. The number of pyridine rings is 1. The highest BCUT2D eigenvalue weighted by Gasteiger charge is 2.50. The molecule has 4 N–H and O–H groups in total. The number of H-pyrrole nitrogens is 1. The molecule has 6 aliphatic rings. The van der Waals surface area contributed by atoms with Crippen LogP contribution >= 0.6 is 0 Å². The summed E-state index contributed by atoms with van der Waals surface area (Å²) in [6, 6.07) is 20.7. The number of aromatic amines is 1. The molecule has 1 spiro atoms. The lowest BCUT2D eigenvalue weighted by Crippen LogP contribution is -2.54. The molecule has 1 amide bonds. The first-order valence-electron chi connectivity index (χ1n) is 26.7. The van der Waals surface area contributed by atoms with E-state index in [1.165, 1.54) is 42.9 Å². The first kappa shape index (κ1) is 50.2. The maximum absolute atomic E-state index is 14.5. The van der Waals surface area contributed by atoms with E-state index in [1.807, 2.05) is 19.1 Å². The van der Waals surface area contributed by atoms with E-state index in [0.717, 1.165) is 62.5 Å². The van der Waals surface area contributed by atoms with Crippen molar-refractivity contribution in [1.82, 2.24) is 19.6 Å². The van der Waals surface area contributed by atoms with Gasteiger partial charge in [0, 0.05) is 73.2 Å². The van der Waals surface area contributed by atoms with Crippen molar-refractivity contribution in [3.8, 4) is 23.1 Å². The van der Waals surface area contributed by atoms with Gasteiger partial charge in [-0.2, -0.15) is 4.98 Å². The van der Waals surface area contributed by atoms with E-state index in [1.54, 1.807) is 24.4 Å². The normalized spacial score (nSPS) is 25.2. The van der Waals surface area contributed by atoms with Crippen molar-refractivity contribution < 1.29 is 42.2 Å². The minimum Gasteiger partial charge on any atom is -0.489 e. The topological polar surface area (TPSA) is 211 Å². The number of rotatable bonds is 14. The van der Waals surface area contributed by atoms with Crippen molar-refractivity contribution in [2.75, 3.05) is 56.3 Å². The largest absolute Gasteiger partial charge is 0.489 e. The van der Waals surface area contributed by atoms with Crippen LogP contribution in [0.2, 0.25) is 0 Å². The number of aromatic nitrogens is 2. The molecule has 3 saturated heterocycles. The zero-order valence-electron chi connectivity index (χ0n) is 42.6. The zero-order chi connectivity index (χ0) is 51.4. The molecule has 18 heteroatoms. The van der Waals surface area contributed by atoms with Crippen molar-refractivity contribution in [1.29, 1.82) is 0 Å². The summed E-state index contributed by atoms with van der Waals surface area (Å²) in [4.78, 5) is 38.8. The van der Waals surface area contributed by atoms with Crippen LogP contribution in [0, 0.1) is 27.4 Å². The Bertz CT molecular complexity index is 3000. The number of hydrogen-bond donors (Lipinski definition) is 4. The molecule has 5 aromatic rings. The number of aliphatic hydroxyl groups is 1. The molecule has 3 atom stereocenters. The summed E-state index contributed by atoms with van der Waals surface area (Å²) in [6.07, 6.45) is 13.0. The molecule has 2 saturated carbocycles. The fourth-order valence-electron chi connectivity index (χ4n) is 12.8. The van der Waals surface area contributed by atoms with Crippen molar-refractivity contribution in [3.05, 3.63) is 99.7 Å². The van der Waals surface area contributed by atoms with Crippen molar-refractivity contribution in [3.63, 3.8) is 0 Å². The number of amides is 1. The third-order valence-electron chi connectivity index (χ3n) is 17.1. The Morgan fingerprint density at radius 3 is 2.53 bits per heavy atom. The number of piperidine rings is 1. The summed E-state index contributed by atoms with van der Waals surface area (Å²) in [7, 11) is -4.72. The van der Waals surface area contributed by atoms with E-state index in [9.17, 15) is 28.4 Å². The Balaban J connectivity index is 0.843. The Labute approximate surface area is 432 Å². The van der Waals surface area contributed by atoms with Crippen molar-refractivity contribution in [2.24, 2.45) is 17.3 Å². The van der Waals surface area contributed by atoms with Crippen LogP contribution in [0.15, 0.2) is 77.8 Å². The Hall–Kier alpha value is -5.95. The van der Waals surface area contributed by atoms with Crippen molar-refractivity contribution >= 4 is 44.0 Å². The van der Waals surface area contributed by atoms with Gasteiger partial charge in [-0.3, -0.25) is 19.8 Å². The summed E-state index contributed by atoms with van der Waals surface area (Å²) < 4.78 is 55.4. The van der Waals surface area contributed by atoms with E-state index in [-0.39, 0.29) is 64.3 Å². The molecule has 6 heterocycles. The number of sulfonamides is 1. The first-order chi connectivity index (χ1) is 35.6. The van der Waals surface area contributed by atoms with E-state index in [2.05, 4.69) is 62.9 Å². The quantitative estimate of drug-likeness (QED) is 0.0603. The van der Waals surface area contributed by atoms with Gasteiger partial charge < -0.3 is 39.3 Å². The number of nitrogens with one attached hydrogen (secondary N) is 3. The van der Waals surface area contributed by atoms with Crippen molar-refractivity contribution in [2.45, 2.75) is 132 Å². The second kappa shape index (κ2) is 20.3. The minimum absolute atomic E-state index is 0.00666. The molecule has 2 aliphatic carbocycles. The molecule has 17 nitrogen and oxygen atoms in total. The lowest BCUT2D eigenvalue weighted by atomic mass is 9.59. The molecule has 5 fully saturated rings. The number of carbonyl (C=O) groups excluding carboxylic acids is 1. The average Bonchev–Trinajstić information content (AvgIpc) is 4.07. The van der Waals surface area contributed by atoms with Crippen LogP contribution < -0.4 is 29.1 Å². The number of likely N-dealkylation sites (tertiary alicyclic amines) is 1. The number of carbonyl (C=O) groups is 1. The number of hydrogen-bond acceptors (Lipinski definition) is 14. The molecule has 394 valence electrons. The third kappa shape index (κ3) is 10.3. The monoisotopic (exact) mass is 1030 g/mol. The predicted molar refractivity (Wildman–Crippen MR) is 281 cm³/mol. The third-order valence-corrected chi connectivity index (χ3v) is 18.4. The summed E-state index contributed by atoms with van der Waals surface area (Å²) in [5.41, 5.74) is 3.35. The maximum atomic E-state index is 14.5. The average molecular weight is 1030 g/mol. The number of anilines is 2. The lowest BCUT2D eigenvalue weighted by Gasteiger charge is -2.56. The Morgan fingerprint density at radius 1 is 0.973 bits per heavy atom. The summed E-state index contributed by atoms with van der Waals surface area (Å²) in [5, 5.41) is 27.0. The van der Waals surface area contributed by atoms with Gasteiger partial charge in [0.2, 0.25) is 0 Å². The zero-order valence-corrected chi connectivity index (χ0v) is 43.5. The standard InChI is InChI=1S/C56H69N7O10S/c1-35(2)42-9-4-5-10-43(42)46-11-6-22-62(46)40-30-56(31-40)19-23-61(24-20-56)39-12-13-44(48(27-39)73-50-26-38-16-21-57-52(38)59-54(50)72-33-36-8-7-25-70-32-36)53(64)60-74(68,69)41-28-47(63(66)67)51-49(29-41)71-34-45(58-51)37-14-17-55(3,65)18-15-37/h4-5,9-10,12-13,16,21,26-29,35-37,40,45-46,58,65H,6-8,11,14-15,17-20,22-25,30-34H2,1-3H3,(H,57,59)(H,60,64)/t36-,37-,45-,46-,55-/m1/s1. The van der Waals surface area contributed by atoms with Crippen LogP contribution in [0.5, 0.6) is 23.1 Å². The molecule has 74 heavy (non-hydrogen) atoms. The van der Waals surface area contributed by atoms with Gasteiger partial charge in [-0.15, -0.1) is 0 Å². The SMILES string of the molecule is CC(C)c1ccccc1[C@H]1CCCN1C1CC2(CCN(c3ccc(C(=O)NS(=O)(=O)c4cc5c(c([N+](=O)[O-])c4)N[C@@H]([C@H]4CC[C@](C)(O)CC4)CO5)c(Oc4cc5cc[nH]c5nc4OC[C@@H]4CCCOC4)c3)CC2)C1. The van der Waals surface area contributed by atoms with Gasteiger partial charge in [0.1, 0.15) is 18.0 Å². The van der Waals surface area contributed by atoms with Crippen LogP contribution in [-0.4, -0.2) is 103 Å². The first-order valence-corrected chi connectivity index (χ1v) is 28.2. The molecule has 0 radical (unpaired) electrons. The molecule has 0 bridgehead atoms. The van der Waals surface area contributed by atoms with Gasteiger partial charge in [-0.05, 0) is 143 Å². The lowest BCUT2D eigenvalue weighted by molar-refractivity contribution is -0.384. The Kier molecular flexibility index (Phi) is 13.8. The smallest absolute Gasteiger partial charge is 0.297 e. The second-order valence-corrected chi connectivity index (χ2v) is 24.2. The molecule has 11 rings (SSSR count). The summed E-state index contributed by atoms with van der Waals surface area (Å²) >= 11 is 0. The van der Waals surface area contributed by atoms with Crippen LogP contribution in [0.25, 0.3) is 11.0 Å². The molecule has 0 unspecified atom stereocenters. The summed E-state index contributed by atoms with van der Waals surface area (Å²) in [6.45, 7) is 10.9. The number of nitrogens with zero attached hydrogens (tertiary/aromatic N) is 4. The van der Waals surface area contributed by atoms with E-state index in [0.29, 0.717) is 69.2 Å². The molecular weight excluding hydrogens is 963 g/mol. The van der Waals surface area contributed by atoms with Gasteiger partial charge in [0.15, 0.2) is 17.2 Å². The minimum atomic E-state index is -4.72. The van der Waals surface area contributed by atoms with Crippen LogP contribution in [0.3, 0.4) is 0 Å². The number of ether oxygens (including phenoxy) is 4. The number of benzene rings is 3. The highest BCUT2D eigenvalue weighted by molar-refractivity contribution is 7.90. The summed E-state index contributed by atoms with van der Waals surface area (Å²) in [5.74, 6) is 0.251. The second-order valence-electron chi connectivity index (χ2n) is 22.5. The fraction of sp³-hybridized carbons (Fsp3) is 0.536. The van der Waals surface area contributed by atoms with Gasteiger partial charge in [-0.1, -0.05) is 38.1 Å². The highest BCUT2D eigenvalue weighted by Crippen LogP contribution is 2.55. The van der Waals surface area contributed by atoms with Gasteiger partial charge in [0.25, 0.3) is 27.5 Å². The van der Waals surface area contributed by atoms with Crippen LogP contribution in [0.4, 0.5) is 17.1 Å². The number of nitro groups is 1. The van der Waals surface area contributed by atoms with Gasteiger partial charge in [-0.25, -0.2) is 13.1 Å². The van der Waals surface area contributed by atoms with E-state index >= 15 is 0 Å². The van der Waals surface area contributed by atoms with Gasteiger partial charge >= 0.3 is 0 Å². The molecule has 2 aromatic heterocycles. The van der Waals surface area contributed by atoms with E-state index in [4.69, 9.17) is 23.9 Å². The predicted octanol–water partition coefficient (Wildman–Crippen LogP) is 10.0. The number of nitro benzene ring substituents is 1. The molecule has 4 aliphatic heterocycles. The number of fused-ring (bicyclic) bond motifs is 2. The van der Waals surface area contributed by atoms with Gasteiger partial charge in [0.05, 0.1) is 40.2 Å². The van der Waals surface area contributed by atoms with Crippen LogP contribution in [0.1, 0.15) is 131 Å². The molecular formula is C56H69N7O10S. The van der Waals surface area contributed by atoms with Crippen LogP contribution in [-0.2, 0) is 14.8 Å².